The first kappa shape index (κ1) is 12.0. The first-order valence-corrected chi connectivity index (χ1v) is 5.79. The van der Waals surface area contributed by atoms with Gasteiger partial charge in [-0.15, -0.1) is 0 Å². The fourth-order valence-corrected chi connectivity index (χ4v) is 1.86. The van der Waals surface area contributed by atoms with Crippen LogP contribution in [-0.2, 0) is 4.74 Å². The summed E-state index contributed by atoms with van der Waals surface area (Å²) in [6, 6.07) is 0.829. The van der Waals surface area contributed by atoms with Gasteiger partial charge in [-0.05, 0) is 33.2 Å². The third-order valence-corrected chi connectivity index (χ3v) is 3.17. The molecule has 1 atom stereocenters. The molecule has 0 amide bonds. The zero-order chi connectivity index (χ0) is 10.4. The maximum absolute atomic E-state index is 5.62. The molecule has 1 unspecified atom stereocenters. The summed E-state index contributed by atoms with van der Waals surface area (Å²) in [5.41, 5.74) is 5.62. The largest absolute Gasteiger partial charge is 0.377 e. The summed E-state index contributed by atoms with van der Waals surface area (Å²) in [7, 11) is 2.21. The van der Waals surface area contributed by atoms with Gasteiger partial charge >= 0.3 is 0 Å². The fourth-order valence-electron chi connectivity index (χ4n) is 1.86. The van der Waals surface area contributed by atoms with Crippen LogP contribution in [0.2, 0.25) is 0 Å². The second kappa shape index (κ2) is 6.38. The van der Waals surface area contributed by atoms with Crippen molar-refractivity contribution < 1.29 is 4.74 Å². The molecule has 1 rings (SSSR count). The van der Waals surface area contributed by atoms with Crippen LogP contribution in [0.15, 0.2) is 0 Å². The third-order valence-electron chi connectivity index (χ3n) is 3.17. The summed E-state index contributed by atoms with van der Waals surface area (Å²) >= 11 is 0. The molecule has 14 heavy (non-hydrogen) atoms. The molecule has 0 aliphatic heterocycles. The standard InChI is InChI=1S/C11H24N2O/c1-3-14-11(9-12)7-8-13(2)10-5-4-6-10/h10-11H,3-9,12H2,1-2H3. The molecular weight excluding hydrogens is 176 g/mol. The van der Waals surface area contributed by atoms with Crippen LogP contribution in [0.5, 0.6) is 0 Å². The highest BCUT2D eigenvalue weighted by Gasteiger charge is 2.22. The molecule has 3 nitrogen and oxygen atoms in total. The van der Waals surface area contributed by atoms with E-state index in [-0.39, 0.29) is 6.10 Å². The van der Waals surface area contributed by atoms with Gasteiger partial charge in [0.25, 0.3) is 0 Å². The maximum atomic E-state index is 5.62. The quantitative estimate of drug-likeness (QED) is 0.671. The number of hydrogen-bond donors (Lipinski definition) is 1. The van der Waals surface area contributed by atoms with Gasteiger partial charge in [0.2, 0.25) is 0 Å². The molecule has 3 heteroatoms. The molecule has 0 heterocycles. The first-order chi connectivity index (χ1) is 6.77. The lowest BCUT2D eigenvalue weighted by Crippen LogP contribution is -2.39. The lowest BCUT2D eigenvalue weighted by molar-refractivity contribution is 0.0480. The van der Waals surface area contributed by atoms with Gasteiger partial charge in [-0.25, -0.2) is 0 Å². The van der Waals surface area contributed by atoms with E-state index in [1.807, 2.05) is 6.92 Å². The molecule has 0 aromatic heterocycles. The molecule has 1 aliphatic rings. The van der Waals surface area contributed by atoms with Gasteiger partial charge in [-0.3, -0.25) is 0 Å². The van der Waals surface area contributed by atoms with E-state index in [9.17, 15) is 0 Å². The van der Waals surface area contributed by atoms with E-state index in [0.717, 1.165) is 25.6 Å². The van der Waals surface area contributed by atoms with E-state index in [4.69, 9.17) is 10.5 Å². The van der Waals surface area contributed by atoms with E-state index in [2.05, 4.69) is 11.9 Å². The lowest BCUT2D eigenvalue weighted by atomic mass is 9.92. The predicted molar refractivity (Wildman–Crippen MR) is 59.4 cm³/mol. The Labute approximate surface area is 87.6 Å². The van der Waals surface area contributed by atoms with Gasteiger partial charge in [0.1, 0.15) is 0 Å². The van der Waals surface area contributed by atoms with Crippen molar-refractivity contribution >= 4 is 0 Å². The molecule has 0 bridgehead atoms. The average molecular weight is 200 g/mol. The zero-order valence-electron chi connectivity index (χ0n) is 9.54. The summed E-state index contributed by atoms with van der Waals surface area (Å²) < 4.78 is 5.52. The number of nitrogens with two attached hydrogens (primary N) is 1. The van der Waals surface area contributed by atoms with Crippen LogP contribution in [0, 0.1) is 0 Å². The van der Waals surface area contributed by atoms with Crippen LogP contribution in [0.4, 0.5) is 0 Å². The minimum Gasteiger partial charge on any atom is -0.377 e. The number of nitrogens with zero attached hydrogens (tertiary/aromatic N) is 1. The Morgan fingerprint density at radius 1 is 1.50 bits per heavy atom. The van der Waals surface area contributed by atoms with Gasteiger partial charge in [-0.1, -0.05) is 6.42 Å². The van der Waals surface area contributed by atoms with Crippen molar-refractivity contribution in [1.82, 2.24) is 4.90 Å². The first-order valence-electron chi connectivity index (χ1n) is 5.79. The lowest BCUT2D eigenvalue weighted by Gasteiger charge is -2.35. The predicted octanol–water partition coefficient (Wildman–Crippen LogP) is 1.22. The van der Waals surface area contributed by atoms with Gasteiger partial charge in [-0.2, -0.15) is 0 Å². The number of hydrogen-bond acceptors (Lipinski definition) is 3. The van der Waals surface area contributed by atoms with Gasteiger partial charge in [0.05, 0.1) is 6.10 Å². The average Bonchev–Trinajstić information content (AvgIpc) is 2.09. The van der Waals surface area contributed by atoms with E-state index in [1.165, 1.54) is 19.3 Å². The summed E-state index contributed by atoms with van der Waals surface area (Å²) in [4.78, 5) is 2.45. The Bertz CT molecular complexity index is 146. The van der Waals surface area contributed by atoms with Gasteiger partial charge in [0.15, 0.2) is 0 Å². The molecule has 0 saturated heterocycles. The van der Waals surface area contributed by atoms with E-state index in [0.29, 0.717) is 6.54 Å². The van der Waals surface area contributed by atoms with Gasteiger partial charge < -0.3 is 15.4 Å². The molecule has 0 aromatic rings. The molecule has 0 spiro atoms. The highest BCUT2D eigenvalue weighted by atomic mass is 16.5. The summed E-state index contributed by atoms with van der Waals surface area (Å²) in [5, 5.41) is 0. The van der Waals surface area contributed by atoms with Crippen molar-refractivity contribution in [2.45, 2.75) is 44.8 Å². The van der Waals surface area contributed by atoms with Crippen LogP contribution < -0.4 is 5.73 Å². The Balaban J connectivity index is 2.10. The number of rotatable bonds is 7. The van der Waals surface area contributed by atoms with Crippen LogP contribution in [0.25, 0.3) is 0 Å². The summed E-state index contributed by atoms with van der Waals surface area (Å²) in [6.07, 6.45) is 5.47. The van der Waals surface area contributed by atoms with Crippen molar-refractivity contribution in [3.8, 4) is 0 Å². The Morgan fingerprint density at radius 3 is 2.64 bits per heavy atom. The van der Waals surface area contributed by atoms with Crippen molar-refractivity contribution in [2.75, 3.05) is 26.7 Å². The minimum absolute atomic E-state index is 0.252. The van der Waals surface area contributed by atoms with Crippen LogP contribution in [-0.4, -0.2) is 43.8 Å². The van der Waals surface area contributed by atoms with E-state index in [1.54, 1.807) is 0 Å². The highest BCUT2D eigenvalue weighted by Crippen LogP contribution is 2.23. The zero-order valence-corrected chi connectivity index (χ0v) is 9.54. The molecule has 0 radical (unpaired) electrons. The van der Waals surface area contributed by atoms with E-state index < -0.39 is 0 Å². The van der Waals surface area contributed by atoms with Crippen LogP contribution in [0.1, 0.15) is 32.6 Å². The molecule has 1 aliphatic carbocycles. The smallest absolute Gasteiger partial charge is 0.0709 e. The molecule has 1 fully saturated rings. The van der Waals surface area contributed by atoms with Crippen LogP contribution in [0.3, 0.4) is 0 Å². The third kappa shape index (κ3) is 3.56. The summed E-state index contributed by atoms with van der Waals surface area (Å²) in [6.45, 7) is 4.56. The SMILES string of the molecule is CCOC(CN)CCN(C)C1CCC1. The van der Waals surface area contributed by atoms with Crippen molar-refractivity contribution in [2.24, 2.45) is 5.73 Å². The Hall–Kier alpha value is -0.120. The second-order valence-electron chi connectivity index (χ2n) is 4.17. The number of ether oxygens (including phenoxy) is 1. The minimum atomic E-state index is 0.252. The molecule has 1 saturated carbocycles. The van der Waals surface area contributed by atoms with Crippen LogP contribution >= 0.6 is 0 Å². The summed E-state index contributed by atoms with van der Waals surface area (Å²) in [5.74, 6) is 0. The van der Waals surface area contributed by atoms with Crippen molar-refractivity contribution in [3.63, 3.8) is 0 Å². The van der Waals surface area contributed by atoms with Crippen molar-refractivity contribution in [3.05, 3.63) is 0 Å². The molecule has 84 valence electrons. The van der Waals surface area contributed by atoms with Gasteiger partial charge in [0, 0.05) is 25.7 Å². The van der Waals surface area contributed by atoms with E-state index >= 15 is 0 Å². The van der Waals surface area contributed by atoms with Crippen molar-refractivity contribution in [1.29, 1.82) is 0 Å². The Morgan fingerprint density at radius 2 is 2.21 bits per heavy atom. The normalized spacial score (nSPS) is 19.7. The topological polar surface area (TPSA) is 38.5 Å². The highest BCUT2D eigenvalue weighted by molar-refractivity contribution is 4.78. The second-order valence-corrected chi connectivity index (χ2v) is 4.17. The molecule has 0 aromatic carbocycles. The monoisotopic (exact) mass is 200 g/mol. The molecule has 2 N–H and O–H groups in total. The maximum Gasteiger partial charge on any atom is 0.0709 e. The Kier molecular flexibility index (Phi) is 5.45. The molecular formula is C11H24N2O. The fraction of sp³-hybridized carbons (Fsp3) is 1.00.